The average Bonchev–Trinajstić information content (AvgIpc) is 2.53. The third-order valence-corrected chi connectivity index (χ3v) is 4.51. The molecule has 0 radical (unpaired) electrons. The lowest BCUT2D eigenvalue weighted by Crippen LogP contribution is -2.29. The summed E-state index contributed by atoms with van der Waals surface area (Å²) in [6.07, 6.45) is 0. The molecular weight excluding hydrogens is 322 g/mol. The number of amides is 1. The standard InChI is InChI=1S/C16H16ClNO3S/c1-21-14-7-5-12(6-8-14)10-18-16(19)11-22(20)15-4-2-3-13(17)9-15/h2-9H,10-11H2,1H3,(H,18,19). The zero-order valence-electron chi connectivity index (χ0n) is 12.0. The molecule has 1 atom stereocenters. The monoisotopic (exact) mass is 337 g/mol. The number of ether oxygens (including phenoxy) is 1. The van der Waals surface area contributed by atoms with Crippen LogP contribution in [0.5, 0.6) is 5.75 Å². The molecule has 1 amide bonds. The van der Waals surface area contributed by atoms with Crippen molar-refractivity contribution >= 4 is 28.7 Å². The molecule has 0 saturated carbocycles. The van der Waals surface area contributed by atoms with Crippen LogP contribution in [0, 0.1) is 0 Å². The first-order valence-corrected chi connectivity index (χ1v) is 8.32. The average molecular weight is 338 g/mol. The smallest absolute Gasteiger partial charge is 0.270 e. The van der Waals surface area contributed by atoms with Crippen molar-refractivity contribution in [1.82, 2.24) is 5.32 Å². The molecule has 1 unspecified atom stereocenters. The highest BCUT2D eigenvalue weighted by atomic mass is 35.5. The van der Waals surface area contributed by atoms with E-state index in [1.165, 1.54) is 0 Å². The van der Waals surface area contributed by atoms with Crippen LogP contribution >= 0.6 is 11.6 Å². The van der Waals surface area contributed by atoms with E-state index < -0.39 is 11.2 Å². The first-order valence-electron chi connectivity index (χ1n) is 6.62. The molecule has 0 spiro atoms. The van der Waals surface area contributed by atoms with Gasteiger partial charge < -0.3 is 14.6 Å². The second-order valence-corrected chi connectivity index (χ2v) is 6.46. The van der Waals surface area contributed by atoms with E-state index in [9.17, 15) is 9.35 Å². The summed E-state index contributed by atoms with van der Waals surface area (Å²) in [5.41, 5.74) is 0.947. The van der Waals surface area contributed by atoms with Gasteiger partial charge in [-0.25, -0.2) is 0 Å². The van der Waals surface area contributed by atoms with Crippen LogP contribution in [0.15, 0.2) is 53.4 Å². The van der Waals surface area contributed by atoms with Crippen LogP contribution < -0.4 is 10.1 Å². The summed E-state index contributed by atoms with van der Waals surface area (Å²) in [6, 6.07) is 14.1. The molecule has 0 aromatic heterocycles. The lowest BCUT2D eigenvalue weighted by atomic mass is 10.2. The number of nitrogens with one attached hydrogen (secondary N) is 1. The second kappa shape index (κ2) is 8.08. The second-order valence-electron chi connectivity index (χ2n) is 4.57. The van der Waals surface area contributed by atoms with Gasteiger partial charge in [-0.3, -0.25) is 4.79 Å². The summed E-state index contributed by atoms with van der Waals surface area (Å²) in [5.74, 6) is 0.405. The number of benzene rings is 2. The molecule has 0 aliphatic carbocycles. The van der Waals surface area contributed by atoms with Gasteiger partial charge in [-0.2, -0.15) is 0 Å². The SMILES string of the molecule is COc1ccc(CNC(=O)C[S+]([O-])c2cccc(Cl)c2)cc1. The van der Waals surface area contributed by atoms with Gasteiger partial charge in [0.25, 0.3) is 5.91 Å². The molecule has 0 aliphatic heterocycles. The fourth-order valence-corrected chi connectivity index (χ4v) is 3.06. The highest BCUT2D eigenvalue weighted by molar-refractivity contribution is 7.92. The molecular formula is C16H16ClNO3S. The normalized spacial score (nSPS) is 11.8. The van der Waals surface area contributed by atoms with E-state index in [0.29, 0.717) is 16.5 Å². The first-order chi connectivity index (χ1) is 10.6. The first kappa shape index (κ1) is 16.7. The molecule has 0 aliphatic rings. The summed E-state index contributed by atoms with van der Waals surface area (Å²) in [7, 11) is 1.60. The number of hydrogen-bond donors (Lipinski definition) is 1. The predicted octanol–water partition coefficient (Wildman–Crippen LogP) is 2.77. The molecule has 2 aromatic rings. The summed E-state index contributed by atoms with van der Waals surface area (Å²) >= 11 is 4.44. The number of carbonyl (C=O) groups excluding carboxylic acids is 1. The Bertz CT molecular complexity index is 634. The molecule has 2 rings (SSSR count). The summed E-state index contributed by atoms with van der Waals surface area (Å²) in [5, 5.41) is 3.25. The Balaban J connectivity index is 1.84. The lowest BCUT2D eigenvalue weighted by Gasteiger charge is -2.11. The van der Waals surface area contributed by atoms with Crippen molar-refractivity contribution in [3.8, 4) is 5.75 Å². The van der Waals surface area contributed by atoms with Gasteiger partial charge in [-0.15, -0.1) is 0 Å². The van der Waals surface area contributed by atoms with Crippen molar-refractivity contribution < 1.29 is 14.1 Å². The Morgan fingerprint density at radius 2 is 2.00 bits per heavy atom. The van der Waals surface area contributed by atoms with Crippen molar-refractivity contribution in [2.75, 3.05) is 12.9 Å². The quantitative estimate of drug-likeness (QED) is 0.824. The molecule has 6 heteroatoms. The highest BCUT2D eigenvalue weighted by Crippen LogP contribution is 2.16. The van der Waals surface area contributed by atoms with Gasteiger partial charge in [0.05, 0.1) is 7.11 Å². The number of rotatable bonds is 6. The van der Waals surface area contributed by atoms with Gasteiger partial charge in [0, 0.05) is 17.6 Å². The Kier molecular flexibility index (Phi) is 6.12. The van der Waals surface area contributed by atoms with Crippen LogP contribution in [0.3, 0.4) is 0 Å². The van der Waals surface area contributed by atoms with E-state index in [-0.39, 0.29) is 11.7 Å². The zero-order chi connectivity index (χ0) is 15.9. The minimum Gasteiger partial charge on any atom is -0.611 e. The molecule has 4 nitrogen and oxygen atoms in total. The number of hydrogen-bond acceptors (Lipinski definition) is 3. The van der Waals surface area contributed by atoms with Crippen LogP contribution in [0.4, 0.5) is 0 Å². The minimum absolute atomic E-state index is 0.0868. The maximum absolute atomic E-state index is 12.1. The molecule has 0 saturated heterocycles. The van der Waals surface area contributed by atoms with Gasteiger partial charge in [-0.1, -0.05) is 29.8 Å². The van der Waals surface area contributed by atoms with Gasteiger partial charge in [0.1, 0.15) is 5.75 Å². The van der Waals surface area contributed by atoms with Crippen LogP contribution in [0.25, 0.3) is 0 Å². The van der Waals surface area contributed by atoms with Crippen molar-refractivity contribution in [1.29, 1.82) is 0 Å². The molecule has 0 fully saturated rings. The van der Waals surface area contributed by atoms with Crippen LogP contribution in [-0.2, 0) is 22.5 Å². The Labute approximate surface area is 137 Å². The summed E-state index contributed by atoms with van der Waals surface area (Å²) < 4.78 is 17.1. The Hall–Kier alpha value is -1.69. The lowest BCUT2D eigenvalue weighted by molar-refractivity contribution is -0.118. The number of halogens is 1. The molecule has 22 heavy (non-hydrogen) atoms. The van der Waals surface area contributed by atoms with Crippen LogP contribution in [-0.4, -0.2) is 23.3 Å². The van der Waals surface area contributed by atoms with Gasteiger partial charge in [0.2, 0.25) is 0 Å². The fourth-order valence-electron chi connectivity index (χ4n) is 1.81. The van der Waals surface area contributed by atoms with Gasteiger partial charge in [0.15, 0.2) is 10.6 Å². The van der Waals surface area contributed by atoms with E-state index in [2.05, 4.69) is 5.32 Å². The van der Waals surface area contributed by atoms with Crippen molar-refractivity contribution in [3.05, 3.63) is 59.1 Å². The Morgan fingerprint density at radius 3 is 2.64 bits per heavy atom. The molecule has 0 heterocycles. The van der Waals surface area contributed by atoms with Crippen molar-refractivity contribution in [2.24, 2.45) is 0 Å². The summed E-state index contributed by atoms with van der Waals surface area (Å²) in [4.78, 5) is 12.4. The maximum Gasteiger partial charge on any atom is 0.270 e. The fraction of sp³-hybridized carbons (Fsp3) is 0.188. The topological polar surface area (TPSA) is 61.4 Å². The van der Waals surface area contributed by atoms with E-state index >= 15 is 0 Å². The Morgan fingerprint density at radius 1 is 1.27 bits per heavy atom. The van der Waals surface area contributed by atoms with E-state index in [0.717, 1.165) is 11.3 Å². The van der Waals surface area contributed by atoms with E-state index in [1.807, 2.05) is 24.3 Å². The summed E-state index contributed by atoms with van der Waals surface area (Å²) in [6.45, 7) is 0.384. The minimum atomic E-state index is -1.40. The van der Waals surface area contributed by atoms with Crippen LogP contribution in [0.1, 0.15) is 5.56 Å². The van der Waals surface area contributed by atoms with Gasteiger partial charge in [-0.05, 0) is 41.0 Å². The van der Waals surface area contributed by atoms with E-state index in [4.69, 9.17) is 16.3 Å². The van der Waals surface area contributed by atoms with Crippen LogP contribution in [0.2, 0.25) is 5.02 Å². The molecule has 0 bridgehead atoms. The van der Waals surface area contributed by atoms with Gasteiger partial charge >= 0.3 is 0 Å². The van der Waals surface area contributed by atoms with Crippen molar-refractivity contribution in [3.63, 3.8) is 0 Å². The number of methoxy groups -OCH3 is 1. The predicted molar refractivity (Wildman–Crippen MR) is 87.6 cm³/mol. The van der Waals surface area contributed by atoms with E-state index in [1.54, 1.807) is 31.4 Å². The maximum atomic E-state index is 12.1. The largest absolute Gasteiger partial charge is 0.611 e. The highest BCUT2D eigenvalue weighted by Gasteiger charge is 2.16. The molecule has 1 N–H and O–H groups in total. The molecule has 2 aromatic carbocycles. The zero-order valence-corrected chi connectivity index (χ0v) is 13.6. The van der Waals surface area contributed by atoms with Crippen molar-refractivity contribution in [2.45, 2.75) is 11.4 Å². The number of carbonyl (C=O) groups is 1. The molecule has 116 valence electrons. The third-order valence-electron chi connectivity index (χ3n) is 2.97. The third kappa shape index (κ3) is 4.94.